The van der Waals surface area contributed by atoms with E-state index in [-0.39, 0.29) is 5.25 Å². The Morgan fingerprint density at radius 1 is 1.17 bits per heavy atom. The van der Waals surface area contributed by atoms with Gasteiger partial charge < -0.3 is 5.73 Å². The third-order valence-electron chi connectivity index (χ3n) is 2.73. The lowest BCUT2D eigenvalue weighted by molar-refractivity contribution is 0.941. The van der Waals surface area contributed by atoms with Crippen molar-refractivity contribution in [3.63, 3.8) is 0 Å². The molecule has 3 heteroatoms. The molecular weight excluding hydrogens is 262 g/mol. The molecule has 0 saturated carbocycles. The molecule has 18 heavy (non-hydrogen) atoms. The molecule has 1 nitrogen and oxygen atoms in total. The van der Waals surface area contributed by atoms with Crippen molar-refractivity contribution < 1.29 is 0 Å². The zero-order valence-corrected chi connectivity index (χ0v) is 11.8. The number of halogens is 1. The van der Waals surface area contributed by atoms with E-state index < -0.39 is 0 Å². The lowest BCUT2D eigenvalue weighted by Gasteiger charge is -2.15. The van der Waals surface area contributed by atoms with Gasteiger partial charge in [-0.3, -0.25) is 0 Å². The maximum absolute atomic E-state index is 6.02. The van der Waals surface area contributed by atoms with Crippen LogP contribution in [0, 0.1) is 6.92 Å². The minimum absolute atomic E-state index is 0.242. The molecule has 0 amide bonds. The van der Waals surface area contributed by atoms with Crippen LogP contribution in [-0.2, 0) is 0 Å². The van der Waals surface area contributed by atoms with Gasteiger partial charge in [0.1, 0.15) is 0 Å². The van der Waals surface area contributed by atoms with E-state index >= 15 is 0 Å². The zero-order chi connectivity index (χ0) is 13.0. The Bertz CT molecular complexity index is 510. The molecule has 2 aromatic carbocycles. The standard InChI is InChI=1S/C15H16ClNS/c1-11-5-7-14(8-6-11)18-15(10-17)12-3-2-4-13(16)9-12/h2-9,15H,10,17H2,1H3. The first kappa shape index (κ1) is 13.5. The maximum atomic E-state index is 6.02. The first-order chi connectivity index (χ1) is 8.69. The number of aryl methyl sites for hydroxylation is 1. The summed E-state index contributed by atoms with van der Waals surface area (Å²) in [6, 6.07) is 16.4. The molecule has 0 aliphatic carbocycles. The molecule has 1 unspecified atom stereocenters. The van der Waals surface area contributed by atoms with Gasteiger partial charge in [-0.2, -0.15) is 0 Å². The third-order valence-corrected chi connectivity index (χ3v) is 4.26. The Labute approximate surface area is 117 Å². The number of rotatable bonds is 4. The maximum Gasteiger partial charge on any atom is 0.0467 e. The molecule has 1 atom stereocenters. The summed E-state index contributed by atoms with van der Waals surface area (Å²) in [7, 11) is 0. The molecule has 0 bridgehead atoms. The normalized spacial score (nSPS) is 12.4. The first-order valence-electron chi connectivity index (χ1n) is 5.88. The van der Waals surface area contributed by atoms with Crippen LogP contribution in [0.3, 0.4) is 0 Å². The van der Waals surface area contributed by atoms with E-state index in [1.54, 1.807) is 11.8 Å². The van der Waals surface area contributed by atoms with E-state index in [2.05, 4.69) is 37.3 Å². The van der Waals surface area contributed by atoms with Crippen molar-refractivity contribution in [1.29, 1.82) is 0 Å². The van der Waals surface area contributed by atoms with Crippen molar-refractivity contribution in [2.45, 2.75) is 17.1 Å². The highest BCUT2D eigenvalue weighted by atomic mass is 35.5. The first-order valence-corrected chi connectivity index (χ1v) is 7.13. The van der Waals surface area contributed by atoms with Gasteiger partial charge >= 0.3 is 0 Å². The van der Waals surface area contributed by atoms with Crippen molar-refractivity contribution in [1.82, 2.24) is 0 Å². The molecule has 2 N–H and O–H groups in total. The van der Waals surface area contributed by atoms with Crippen molar-refractivity contribution in [3.05, 3.63) is 64.7 Å². The van der Waals surface area contributed by atoms with E-state index in [1.165, 1.54) is 16.0 Å². The van der Waals surface area contributed by atoms with E-state index in [1.807, 2.05) is 18.2 Å². The van der Waals surface area contributed by atoms with E-state index in [4.69, 9.17) is 17.3 Å². The predicted octanol–water partition coefficient (Wildman–Crippen LogP) is 4.44. The van der Waals surface area contributed by atoms with Gasteiger partial charge in [0.2, 0.25) is 0 Å². The Kier molecular flexibility index (Phi) is 4.70. The number of hydrogen-bond acceptors (Lipinski definition) is 2. The van der Waals surface area contributed by atoms with E-state index in [0.29, 0.717) is 6.54 Å². The van der Waals surface area contributed by atoms with Gasteiger partial charge in [0, 0.05) is 21.7 Å². The lowest BCUT2D eigenvalue weighted by Crippen LogP contribution is -2.09. The van der Waals surface area contributed by atoms with Crippen LogP contribution in [0.15, 0.2) is 53.4 Å². The van der Waals surface area contributed by atoms with Gasteiger partial charge in [0.25, 0.3) is 0 Å². The smallest absolute Gasteiger partial charge is 0.0467 e. The molecule has 0 aliphatic rings. The van der Waals surface area contributed by atoms with Gasteiger partial charge in [-0.1, -0.05) is 41.4 Å². The second-order valence-corrected chi connectivity index (χ2v) is 5.92. The Morgan fingerprint density at radius 2 is 1.89 bits per heavy atom. The van der Waals surface area contributed by atoms with E-state index in [9.17, 15) is 0 Å². The van der Waals surface area contributed by atoms with E-state index in [0.717, 1.165) is 5.02 Å². The van der Waals surface area contributed by atoms with Crippen LogP contribution in [0.25, 0.3) is 0 Å². The fraction of sp³-hybridized carbons (Fsp3) is 0.200. The van der Waals surface area contributed by atoms with Crippen LogP contribution in [0.2, 0.25) is 5.02 Å². The molecule has 0 saturated heterocycles. The largest absolute Gasteiger partial charge is 0.329 e. The molecule has 0 radical (unpaired) electrons. The summed E-state index contributed by atoms with van der Waals surface area (Å²) >= 11 is 7.80. The van der Waals surface area contributed by atoms with Gasteiger partial charge in [0.15, 0.2) is 0 Å². The van der Waals surface area contributed by atoms with Crippen LogP contribution in [0.4, 0.5) is 0 Å². The fourth-order valence-corrected chi connectivity index (χ4v) is 2.94. The number of thioether (sulfide) groups is 1. The van der Waals surface area contributed by atoms with Crippen molar-refractivity contribution in [2.75, 3.05) is 6.54 Å². The number of nitrogens with two attached hydrogens (primary N) is 1. The number of hydrogen-bond donors (Lipinski definition) is 1. The minimum Gasteiger partial charge on any atom is -0.329 e. The molecule has 0 aromatic heterocycles. The minimum atomic E-state index is 0.242. The quantitative estimate of drug-likeness (QED) is 0.836. The summed E-state index contributed by atoms with van der Waals surface area (Å²) in [5.41, 5.74) is 8.31. The highest BCUT2D eigenvalue weighted by Crippen LogP contribution is 2.35. The monoisotopic (exact) mass is 277 g/mol. The summed E-state index contributed by atoms with van der Waals surface area (Å²) in [5.74, 6) is 0. The summed E-state index contributed by atoms with van der Waals surface area (Å²) < 4.78 is 0. The second-order valence-electron chi connectivity index (χ2n) is 4.21. The topological polar surface area (TPSA) is 26.0 Å². The summed E-state index contributed by atoms with van der Waals surface area (Å²) in [6.45, 7) is 2.69. The van der Waals surface area contributed by atoms with Gasteiger partial charge in [-0.05, 0) is 36.8 Å². The highest BCUT2D eigenvalue weighted by molar-refractivity contribution is 7.99. The van der Waals surface area contributed by atoms with Crippen LogP contribution < -0.4 is 5.73 Å². The van der Waals surface area contributed by atoms with Crippen LogP contribution in [0.5, 0.6) is 0 Å². The molecule has 0 aliphatic heterocycles. The van der Waals surface area contributed by atoms with Crippen LogP contribution in [0.1, 0.15) is 16.4 Å². The predicted molar refractivity (Wildman–Crippen MR) is 80.3 cm³/mol. The molecule has 0 heterocycles. The molecular formula is C15H16ClNS. The summed E-state index contributed by atoms with van der Waals surface area (Å²) in [5, 5.41) is 1.00. The van der Waals surface area contributed by atoms with Crippen LogP contribution >= 0.6 is 23.4 Å². The molecule has 94 valence electrons. The fourth-order valence-electron chi connectivity index (χ4n) is 1.74. The van der Waals surface area contributed by atoms with Crippen molar-refractivity contribution in [3.8, 4) is 0 Å². The summed E-state index contributed by atoms with van der Waals surface area (Å²) in [6.07, 6.45) is 0. The molecule has 2 aromatic rings. The Morgan fingerprint density at radius 3 is 2.50 bits per heavy atom. The average Bonchev–Trinajstić information content (AvgIpc) is 2.38. The molecule has 0 fully saturated rings. The van der Waals surface area contributed by atoms with Gasteiger partial charge in [-0.15, -0.1) is 11.8 Å². The number of benzene rings is 2. The van der Waals surface area contributed by atoms with Gasteiger partial charge in [-0.25, -0.2) is 0 Å². The second kappa shape index (κ2) is 6.28. The van der Waals surface area contributed by atoms with Gasteiger partial charge in [0.05, 0.1) is 0 Å². The molecule has 2 rings (SSSR count). The van der Waals surface area contributed by atoms with Crippen LogP contribution in [-0.4, -0.2) is 6.54 Å². The SMILES string of the molecule is Cc1ccc(SC(CN)c2cccc(Cl)c2)cc1. The Hall–Kier alpha value is -0.960. The Balaban J connectivity index is 2.17. The van der Waals surface area contributed by atoms with Crippen molar-refractivity contribution in [2.24, 2.45) is 5.73 Å². The molecule has 0 spiro atoms. The average molecular weight is 278 g/mol. The van der Waals surface area contributed by atoms with Crippen molar-refractivity contribution >= 4 is 23.4 Å². The zero-order valence-electron chi connectivity index (χ0n) is 10.3. The summed E-state index contributed by atoms with van der Waals surface area (Å²) in [4.78, 5) is 1.23. The highest BCUT2D eigenvalue weighted by Gasteiger charge is 2.11. The third kappa shape index (κ3) is 3.52. The lowest BCUT2D eigenvalue weighted by atomic mass is 10.1.